The van der Waals surface area contributed by atoms with Crippen LogP contribution in [0, 0.1) is 5.82 Å². The highest BCUT2D eigenvalue weighted by Crippen LogP contribution is 2.29. The van der Waals surface area contributed by atoms with Crippen LogP contribution in [0.25, 0.3) is 17.0 Å². The Morgan fingerprint density at radius 3 is 2.61 bits per heavy atom. The molecule has 3 rings (SSSR count). The number of amides is 1. The minimum Gasteiger partial charge on any atom is -0.505 e. The number of carbonyl (C=O) groups excluding carboxylic acids is 1. The van der Waals surface area contributed by atoms with Crippen LogP contribution in [-0.4, -0.2) is 16.0 Å². The summed E-state index contributed by atoms with van der Waals surface area (Å²) in [4.78, 5) is 14.7. The number of para-hydroxylation sites is 1. The number of aromatic amines is 1. The number of H-pyrrole nitrogens is 1. The second kappa shape index (κ2) is 6.23. The number of aromatic nitrogens is 1. The molecule has 0 bridgehead atoms. The van der Waals surface area contributed by atoms with Gasteiger partial charge in [0.05, 0.1) is 11.9 Å². The first-order chi connectivity index (χ1) is 11.1. The van der Waals surface area contributed by atoms with E-state index in [2.05, 4.69) is 15.2 Å². The zero-order valence-corrected chi connectivity index (χ0v) is 11.9. The number of fused-ring (bicyclic) bond motifs is 1. The summed E-state index contributed by atoms with van der Waals surface area (Å²) in [5.41, 5.74) is 1.51. The van der Waals surface area contributed by atoms with Gasteiger partial charge >= 0.3 is 0 Å². The van der Waals surface area contributed by atoms with E-state index < -0.39 is 11.7 Å². The van der Waals surface area contributed by atoms with Crippen molar-refractivity contribution in [3.05, 3.63) is 71.8 Å². The van der Waals surface area contributed by atoms with Gasteiger partial charge in [-0.3, -0.25) is 4.79 Å². The number of hydrogen-bond acceptors (Lipinski definition) is 3. The van der Waals surface area contributed by atoms with Crippen molar-refractivity contribution >= 4 is 22.9 Å². The maximum absolute atomic E-state index is 12.8. The number of halogens is 1. The molecule has 23 heavy (non-hydrogen) atoms. The number of hydrogen-bond donors (Lipinski definition) is 2. The van der Waals surface area contributed by atoms with Crippen molar-refractivity contribution in [1.82, 2.24) is 4.98 Å². The molecule has 0 spiro atoms. The van der Waals surface area contributed by atoms with E-state index in [0.29, 0.717) is 11.1 Å². The Labute approximate surface area is 130 Å². The molecule has 1 amide bonds. The molecule has 2 N–H and O–H groups in total. The van der Waals surface area contributed by atoms with Gasteiger partial charge in [0.1, 0.15) is 11.6 Å². The topological polar surface area (TPSA) is 77.8 Å². The molecule has 0 aliphatic heterocycles. The first-order valence-electron chi connectivity index (χ1n) is 6.82. The fourth-order valence-corrected chi connectivity index (χ4v) is 2.11. The fraction of sp³-hybridized carbons (Fsp3) is 0. The SMILES string of the molecule is O=C(N=N/C=C/c1[nH]c2ccccc2c1O)c1ccc(F)cc1. The van der Waals surface area contributed by atoms with Crippen LogP contribution in [0.3, 0.4) is 0 Å². The first kappa shape index (κ1) is 14.6. The Morgan fingerprint density at radius 2 is 1.87 bits per heavy atom. The molecule has 0 radical (unpaired) electrons. The first-order valence-corrected chi connectivity index (χ1v) is 6.82. The zero-order valence-electron chi connectivity index (χ0n) is 11.9. The van der Waals surface area contributed by atoms with Gasteiger partial charge in [-0.05, 0) is 42.5 Å². The van der Waals surface area contributed by atoms with E-state index in [1.54, 1.807) is 6.07 Å². The van der Waals surface area contributed by atoms with Gasteiger partial charge in [-0.2, -0.15) is 5.11 Å². The Bertz CT molecular complexity index is 911. The smallest absolute Gasteiger partial charge is 0.295 e. The lowest BCUT2D eigenvalue weighted by Crippen LogP contribution is -1.92. The van der Waals surface area contributed by atoms with E-state index in [0.717, 1.165) is 5.52 Å². The van der Waals surface area contributed by atoms with Gasteiger partial charge in [0.2, 0.25) is 0 Å². The average molecular weight is 309 g/mol. The van der Waals surface area contributed by atoms with Crippen molar-refractivity contribution in [2.75, 3.05) is 0 Å². The molecule has 0 unspecified atom stereocenters. The molecule has 0 saturated carbocycles. The maximum Gasteiger partial charge on any atom is 0.295 e. The molecule has 0 aliphatic rings. The van der Waals surface area contributed by atoms with E-state index in [4.69, 9.17) is 0 Å². The Morgan fingerprint density at radius 1 is 1.13 bits per heavy atom. The maximum atomic E-state index is 12.8. The second-order valence-electron chi connectivity index (χ2n) is 4.78. The molecule has 3 aromatic rings. The van der Waals surface area contributed by atoms with Crippen molar-refractivity contribution in [1.29, 1.82) is 0 Å². The number of nitrogens with one attached hydrogen (secondary N) is 1. The third-order valence-corrected chi connectivity index (χ3v) is 3.25. The number of azo groups is 1. The van der Waals surface area contributed by atoms with Crippen LogP contribution < -0.4 is 0 Å². The summed E-state index contributed by atoms with van der Waals surface area (Å²) in [5, 5.41) is 17.9. The van der Waals surface area contributed by atoms with Crippen LogP contribution in [0.2, 0.25) is 0 Å². The Hall–Kier alpha value is -3.28. The lowest BCUT2D eigenvalue weighted by Gasteiger charge is -1.92. The molecule has 114 valence electrons. The number of nitrogens with zero attached hydrogens (tertiary/aromatic N) is 2. The van der Waals surface area contributed by atoms with Crippen molar-refractivity contribution in [2.45, 2.75) is 0 Å². The minimum absolute atomic E-state index is 0.108. The van der Waals surface area contributed by atoms with Gasteiger partial charge in [0.25, 0.3) is 5.91 Å². The van der Waals surface area contributed by atoms with E-state index in [9.17, 15) is 14.3 Å². The fourth-order valence-electron chi connectivity index (χ4n) is 2.11. The molecule has 2 aromatic carbocycles. The van der Waals surface area contributed by atoms with Crippen LogP contribution >= 0.6 is 0 Å². The number of benzene rings is 2. The summed E-state index contributed by atoms with van der Waals surface area (Å²) in [6.45, 7) is 0. The number of aromatic hydroxyl groups is 1. The molecule has 5 nitrogen and oxygen atoms in total. The van der Waals surface area contributed by atoms with E-state index >= 15 is 0 Å². The Kier molecular flexibility index (Phi) is 3.97. The molecular formula is C17H12FN3O2. The predicted molar refractivity (Wildman–Crippen MR) is 84.6 cm³/mol. The third-order valence-electron chi connectivity index (χ3n) is 3.25. The number of carbonyl (C=O) groups is 1. The van der Waals surface area contributed by atoms with Gasteiger partial charge < -0.3 is 10.1 Å². The monoisotopic (exact) mass is 309 g/mol. The molecule has 1 aromatic heterocycles. The third kappa shape index (κ3) is 3.16. The Balaban J connectivity index is 1.73. The van der Waals surface area contributed by atoms with Crippen molar-refractivity contribution in [3.8, 4) is 5.75 Å². The van der Waals surface area contributed by atoms with Gasteiger partial charge in [-0.15, -0.1) is 5.11 Å². The summed E-state index contributed by atoms with van der Waals surface area (Å²) in [5.74, 6) is -0.889. The molecule has 0 saturated heterocycles. The highest BCUT2D eigenvalue weighted by Gasteiger charge is 2.06. The zero-order chi connectivity index (χ0) is 16.2. The summed E-state index contributed by atoms with van der Waals surface area (Å²) in [6.07, 6.45) is 2.81. The minimum atomic E-state index is -0.574. The summed E-state index contributed by atoms with van der Waals surface area (Å²) in [7, 11) is 0. The summed E-state index contributed by atoms with van der Waals surface area (Å²) in [6, 6.07) is 12.3. The van der Waals surface area contributed by atoms with E-state index in [-0.39, 0.29) is 11.3 Å². The van der Waals surface area contributed by atoms with Gasteiger partial charge in [-0.25, -0.2) is 4.39 Å². The second-order valence-corrected chi connectivity index (χ2v) is 4.78. The van der Waals surface area contributed by atoms with Crippen LogP contribution in [0.4, 0.5) is 4.39 Å². The molecule has 0 atom stereocenters. The van der Waals surface area contributed by atoms with Gasteiger partial charge in [0, 0.05) is 16.5 Å². The van der Waals surface area contributed by atoms with E-state index in [1.807, 2.05) is 18.2 Å². The van der Waals surface area contributed by atoms with Crippen molar-refractivity contribution < 1.29 is 14.3 Å². The van der Waals surface area contributed by atoms with Crippen molar-refractivity contribution in [3.63, 3.8) is 0 Å². The molecule has 6 heteroatoms. The molecule has 1 heterocycles. The quantitative estimate of drug-likeness (QED) is 0.708. The average Bonchev–Trinajstić information content (AvgIpc) is 2.89. The highest BCUT2D eigenvalue weighted by molar-refractivity contribution is 5.94. The molecule has 0 aliphatic carbocycles. The molecule has 0 fully saturated rings. The molecular weight excluding hydrogens is 297 g/mol. The standard InChI is InChI=1S/C17H12FN3O2/c18-12-7-5-11(6-8-12)17(23)21-19-10-9-15-16(22)13-3-1-2-4-14(13)20-15/h1-10,20,22H/b10-9+,21-19?. The summed E-state index contributed by atoms with van der Waals surface area (Å²) < 4.78 is 12.8. The largest absolute Gasteiger partial charge is 0.505 e. The van der Waals surface area contributed by atoms with Crippen LogP contribution in [0.1, 0.15) is 16.1 Å². The van der Waals surface area contributed by atoms with Crippen LogP contribution in [-0.2, 0) is 0 Å². The van der Waals surface area contributed by atoms with Gasteiger partial charge in [0.15, 0.2) is 0 Å². The van der Waals surface area contributed by atoms with Crippen molar-refractivity contribution in [2.24, 2.45) is 10.2 Å². The van der Waals surface area contributed by atoms with Crippen LogP contribution in [0.15, 0.2) is 65.0 Å². The lowest BCUT2D eigenvalue weighted by atomic mass is 10.2. The van der Waals surface area contributed by atoms with E-state index in [1.165, 1.54) is 36.5 Å². The predicted octanol–water partition coefficient (Wildman–Crippen LogP) is 4.28. The normalized spacial score (nSPS) is 11.7. The van der Waals surface area contributed by atoms with Crippen LogP contribution in [0.5, 0.6) is 5.75 Å². The van der Waals surface area contributed by atoms with Gasteiger partial charge in [-0.1, -0.05) is 12.1 Å². The lowest BCUT2D eigenvalue weighted by molar-refractivity contribution is 0.0995. The summed E-state index contributed by atoms with van der Waals surface area (Å²) >= 11 is 0. The highest BCUT2D eigenvalue weighted by atomic mass is 19.1. The number of rotatable bonds is 3.